The zero-order valence-corrected chi connectivity index (χ0v) is 13.6. The number of aromatic hydroxyl groups is 1. The predicted molar refractivity (Wildman–Crippen MR) is 86.3 cm³/mol. The van der Waals surface area contributed by atoms with Gasteiger partial charge in [0.1, 0.15) is 11.5 Å². The van der Waals surface area contributed by atoms with Gasteiger partial charge in [-0.05, 0) is 50.3 Å². The summed E-state index contributed by atoms with van der Waals surface area (Å²) >= 11 is 0. The van der Waals surface area contributed by atoms with E-state index in [0.29, 0.717) is 18.1 Å². The van der Waals surface area contributed by atoms with Crippen molar-refractivity contribution in [2.75, 3.05) is 13.1 Å². The van der Waals surface area contributed by atoms with Crippen LogP contribution in [0.15, 0.2) is 28.8 Å². The molecule has 1 aliphatic rings. The van der Waals surface area contributed by atoms with E-state index in [0.717, 1.165) is 42.9 Å². The van der Waals surface area contributed by atoms with Crippen molar-refractivity contribution in [3.05, 3.63) is 46.8 Å². The van der Waals surface area contributed by atoms with E-state index >= 15 is 0 Å². The first-order chi connectivity index (χ1) is 11.0. The quantitative estimate of drug-likeness (QED) is 0.946. The standard InChI is InChI=1S/C18H22N2O3/c1-12-17(13(2)23-19-12)11-18(22)20-9-7-15(8-10-20)14-3-5-16(21)6-4-14/h3-6,15,21H,7-11H2,1-2H3. The van der Waals surface area contributed by atoms with E-state index in [1.165, 1.54) is 5.56 Å². The highest BCUT2D eigenvalue weighted by Gasteiger charge is 2.25. The lowest BCUT2D eigenvalue weighted by Crippen LogP contribution is -2.38. The molecule has 1 N–H and O–H groups in total. The summed E-state index contributed by atoms with van der Waals surface area (Å²) < 4.78 is 5.13. The Bertz CT molecular complexity index is 663. The van der Waals surface area contributed by atoms with E-state index in [2.05, 4.69) is 5.16 Å². The summed E-state index contributed by atoms with van der Waals surface area (Å²) in [5, 5.41) is 13.3. The number of piperidine rings is 1. The Morgan fingerprint density at radius 3 is 2.48 bits per heavy atom. The highest BCUT2D eigenvalue weighted by Crippen LogP contribution is 2.29. The van der Waals surface area contributed by atoms with E-state index in [1.807, 2.05) is 30.9 Å². The van der Waals surface area contributed by atoms with Gasteiger partial charge in [0.05, 0.1) is 12.1 Å². The molecular formula is C18H22N2O3. The number of amides is 1. The zero-order chi connectivity index (χ0) is 16.4. The maximum absolute atomic E-state index is 12.5. The molecule has 1 aromatic heterocycles. The summed E-state index contributed by atoms with van der Waals surface area (Å²) in [6.45, 7) is 5.26. The lowest BCUT2D eigenvalue weighted by Gasteiger charge is -2.32. The molecule has 0 saturated carbocycles. The first-order valence-electron chi connectivity index (χ1n) is 8.03. The molecule has 1 saturated heterocycles. The van der Waals surface area contributed by atoms with Crippen LogP contribution < -0.4 is 0 Å². The predicted octanol–water partition coefficient (Wildman–Crippen LogP) is 2.95. The molecule has 0 bridgehead atoms. The lowest BCUT2D eigenvalue weighted by molar-refractivity contribution is -0.131. The Kier molecular flexibility index (Phi) is 4.37. The van der Waals surface area contributed by atoms with Crippen LogP contribution in [0.4, 0.5) is 0 Å². The van der Waals surface area contributed by atoms with Crippen molar-refractivity contribution in [1.82, 2.24) is 10.1 Å². The molecule has 5 nitrogen and oxygen atoms in total. The molecular weight excluding hydrogens is 292 g/mol. The number of aromatic nitrogens is 1. The molecule has 1 fully saturated rings. The van der Waals surface area contributed by atoms with Crippen LogP contribution in [0.1, 0.15) is 41.3 Å². The topological polar surface area (TPSA) is 66.6 Å². The number of carbonyl (C=O) groups is 1. The Morgan fingerprint density at radius 2 is 1.91 bits per heavy atom. The molecule has 1 aromatic carbocycles. The molecule has 5 heteroatoms. The van der Waals surface area contributed by atoms with E-state index in [-0.39, 0.29) is 5.91 Å². The summed E-state index contributed by atoms with van der Waals surface area (Å²) in [4.78, 5) is 14.4. The fourth-order valence-corrected chi connectivity index (χ4v) is 3.23. The smallest absolute Gasteiger partial charge is 0.227 e. The molecule has 2 aromatic rings. The Morgan fingerprint density at radius 1 is 1.26 bits per heavy atom. The van der Waals surface area contributed by atoms with Gasteiger partial charge in [-0.25, -0.2) is 0 Å². The van der Waals surface area contributed by atoms with Gasteiger partial charge in [0, 0.05) is 18.7 Å². The van der Waals surface area contributed by atoms with Crippen molar-refractivity contribution in [2.45, 2.75) is 39.0 Å². The van der Waals surface area contributed by atoms with Gasteiger partial charge < -0.3 is 14.5 Å². The number of rotatable bonds is 3. The Labute approximate surface area is 135 Å². The van der Waals surface area contributed by atoms with Crippen molar-refractivity contribution in [1.29, 1.82) is 0 Å². The fourth-order valence-electron chi connectivity index (χ4n) is 3.23. The molecule has 0 aliphatic carbocycles. The van der Waals surface area contributed by atoms with Crippen LogP contribution in [-0.2, 0) is 11.2 Å². The molecule has 122 valence electrons. The Hall–Kier alpha value is -2.30. The monoisotopic (exact) mass is 314 g/mol. The van der Waals surface area contributed by atoms with Crippen molar-refractivity contribution in [3.63, 3.8) is 0 Å². The van der Waals surface area contributed by atoms with Gasteiger partial charge in [-0.3, -0.25) is 4.79 Å². The first kappa shape index (κ1) is 15.6. The first-order valence-corrected chi connectivity index (χ1v) is 8.03. The average molecular weight is 314 g/mol. The zero-order valence-electron chi connectivity index (χ0n) is 13.6. The van der Waals surface area contributed by atoms with Gasteiger partial charge in [-0.2, -0.15) is 0 Å². The summed E-state index contributed by atoms with van der Waals surface area (Å²) in [5.74, 6) is 1.62. The molecule has 0 spiro atoms. The SMILES string of the molecule is Cc1noc(C)c1CC(=O)N1CCC(c2ccc(O)cc2)CC1. The number of phenolic OH excluding ortho intramolecular Hbond substituents is 1. The van der Waals surface area contributed by atoms with Crippen molar-refractivity contribution >= 4 is 5.91 Å². The van der Waals surface area contributed by atoms with E-state index in [4.69, 9.17) is 4.52 Å². The van der Waals surface area contributed by atoms with Crippen molar-refractivity contribution in [3.8, 4) is 5.75 Å². The number of carbonyl (C=O) groups excluding carboxylic acids is 1. The summed E-state index contributed by atoms with van der Waals surface area (Å²) in [7, 11) is 0. The van der Waals surface area contributed by atoms with Gasteiger partial charge in [-0.1, -0.05) is 17.3 Å². The van der Waals surface area contributed by atoms with Gasteiger partial charge in [-0.15, -0.1) is 0 Å². The van der Waals surface area contributed by atoms with E-state index < -0.39 is 0 Å². The minimum atomic E-state index is 0.142. The normalized spacial score (nSPS) is 15.8. The molecule has 3 rings (SSSR count). The molecule has 0 radical (unpaired) electrons. The fraction of sp³-hybridized carbons (Fsp3) is 0.444. The van der Waals surface area contributed by atoms with Gasteiger partial charge >= 0.3 is 0 Å². The maximum atomic E-state index is 12.5. The Balaban J connectivity index is 1.58. The molecule has 0 unspecified atom stereocenters. The number of likely N-dealkylation sites (tertiary alicyclic amines) is 1. The summed E-state index contributed by atoms with van der Waals surface area (Å²) in [6, 6.07) is 7.40. The van der Waals surface area contributed by atoms with Gasteiger partial charge in [0.25, 0.3) is 0 Å². The number of hydrogen-bond donors (Lipinski definition) is 1. The number of phenols is 1. The minimum absolute atomic E-state index is 0.142. The minimum Gasteiger partial charge on any atom is -0.508 e. The molecule has 1 amide bonds. The number of nitrogens with zero attached hydrogens (tertiary/aromatic N) is 2. The number of hydrogen-bond acceptors (Lipinski definition) is 4. The molecule has 23 heavy (non-hydrogen) atoms. The summed E-state index contributed by atoms with van der Waals surface area (Å²) in [6.07, 6.45) is 2.28. The largest absolute Gasteiger partial charge is 0.508 e. The average Bonchev–Trinajstić information content (AvgIpc) is 2.87. The van der Waals surface area contributed by atoms with Crippen molar-refractivity contribution < 1.29 is 14.4 Å². The van der Waals surface area contributed by atoms with Crippen LogP contribution in [0.5, 0.6) is 5.75 Å². The van der Waals surface area contributed by atoms with Gasteiger partial charge in [0.15, 0.2) is 0 Å². The second kappa shape index (κ2) is 6.44. The lowest BCUT2D eigenvalue weighted by atomic mass is 9.89. The van der Waals surface area contributed by atoms with Crippen LogP contribution in [0.25, 0.3) is 0 Å². The third-order valence-electron chi connectivity index (χ3n) is 4.72. The van der Waals surface area contributed by atoms with Crippen LogP contribution in [0, 0.1) is 13.8 Å². The third kappa shape index (κ3) is 3.38. The third-order valence-corrected chi connectivity index (χ3v) is 4.72. The molecule has 0 atom stereocenters. The second-order valence-corrected chi connectivity index (χ2v) is 6.23. The number of aryl methyl sites for hydroxylation is 2. The highest BCUT2D eigenvalue weighted by molar-refractivity contribution is 5.79. The molecule has 1 aliphatic heterocycles. The second-order valence-electron chi connectivity index (χ2n) is 6.23. The van der Waals surface area contributed by atoms with Crippen LogP contribution in [0.3, 0.4) is 0 Å². The highest BCUT2D eigenvalue weighted by atomic mass is 16.5. The van der Waals surface area contributed by atoms with Crippen LogP contribution in [0.2, 0.25) is 0 Å². The maximum Gasteiger partial charge on any atom is 0.227 e. The summed E-state index contributed by atoms with van der Waals surface area (Å²) in [5.41, 5.74) is 2.95. The molecule has 2 heterocycles. The van der Waals surface area contributed by atoms with Gasteiger partial charge in [0.2, 0.25) is 5.91 Å². The number of benzene rings is 1. The van der Waals surface area contributed by atoms with E-state index in [9.17, 15) is 9.90 Å². The van der Waals surface area contributed by atoms with Crippen LogP contribution >= 0.6 is 0 Å². The van der Waals surface area contributed by atoms with E-state index in [1.54, 1.807) is 12.1 Å². The van der Waals surface area contributed by atoms with Crippen LogP contribution in [-0.4, -0.2) is 34.2 Å². The van der Waals surface area contributed by atoms with Crippen molar-refractivity contribution in [2.24, 2.45) is 0 Å².